The van der Waals surface area contributed by atoms with E-state index in [4.69, 9.17) is 21.3 Å². The number of ketones is 1. The average molecular weight is 582 g/mol. The highest BCUT2D eigenvalue weighted by Gasteiger charge is 2.24. The van der Waals surface area contributed by atoms with Gasteiger partial charge in [0.1, 0.15) is 24.6 Å². The maximum Gasteiger partial charge on any atom is 0.330 e. The summed E-state index contributed by atoms with van der Waals surface area (Å²) in [7, 11) is 0. The maximum absolute atomic E-state index is 11.8. The number of aliphatic hydroxyl groups is 1. The van der Waals surface area contributed by atoms with Crippen molar-refractivity contribution in [2.75, 3.05) is 13.2 Å². The molecule has 1 rings (SSSR count). The second kappa shape index (κ2) is 12.7. The SMILES string of the molecule is C=CC(=O)OCCOc1ccc(C(=O)C(C)(C)O)cc1.ClN=II. The van der Waals surface area contributed by atoms with Crippen molar-refractivity contribution in [3.8, 4) is 5.75 Å². The molecular weight excluding hydrogens is 563 g/mol. The van der Waals surface area contributed by atoms with Gasteiger partial charge < -0.3 is 14.6 Å². The molecule has 0 heterocycles. The number of rotatable bonds is 7. The molecule has 6 nitrogen and oxygen atoms in total. The van der Waals surface area contributed by atoms with Crippen molar-refractivity contribution in [3.63, 3.8) is 0 Å². The second-order valence-corrected chi connectivity index (χ2v) is 8.79. The topological polar surface area (TPSA) is 85.2 Å². The van der Waals surface area contributed by atoms with Crippen molar-refractivity contribution in [1.29, 1.82) is 0 Å². The van der Waals surface area contributed by atoms with Crippen LogP contribution in [0.4, 0.5) is 0 Å². The third-order valence-corrected chi connectivity index (χ3v) is 5.70. The minimum atomic E-state index is -1.40. The fourth-order valence-corrected chi connectivity index (χ4v) is 1.42. The summed E-state index contributed by atoms with van der Waals surface area (Å²) < 4.78 is 13.4. The van der Waals surface area contributed by atoms with E-state index in [1.54, 1.807) is 24.3 Å². The van der Waals surface area contributed by atoms with Crippen LogP contribution in [0, 0.1) is 0 Å². The molecule has 1 aromatic carbocycles. The number of Topliss-reactive ketones (excluding diaryl/α,β-unsaturated/α-hetero) is 1. The Morgan fingerprint density at radius 2 is 1.92 bits per heavy atom. The van der Waals surface area contributed by atoms with Crippen molar-refractivity contribution in [3.05, 3.63) is 42.5 Å². The first kappa shape index (κ1) is 23.4. The van der Waals surface area contributed by atoms with Gasteiger partial charge in [0, 0.05) is 42.0 Å². The summed E-state index contributed by atoms with van der Waals surface area (Å²) in [5, 5.41) is 9.62. The van der Waals surface area contributed by atoms with Crippen molar-refractivity contribution >= 4 is 59.2 Å². The molecule has 0 aliphatic rings. The quantitative estimate of drug-likeness (QED) is 0.170. The van der Waals surface area contributed by atoms with Crippen molar-refractivity contribution in [2.24, 2.45) is 2.66 Å². The number of carbonyl (C=O) groups excluding carboxylic acids is 2. The minimum Gasteiger partial charge on any atom is -0.490 e. The molecule has 9 heteroatoms. The van der Waals surface area contributed by atoms with Gasteiger partial charge in [-0.2, -0.15) is 0 Å². The van der Waals surface area contributed by atoms with Gasteiger partial charge in [0.2, 0.25) is 0 Å². The Hall–Kier alpha value is -0.590. The molecular formula is C15H18ClI2NO5. The zero-order valence-electron chi connectivity index (χ0n) is 13.2. The van der Waals surface area contributed by atoms with Crippen LogP contribution in [0.5, 0.6) is 5.75 Å². The Morgan fingerprint density at radius 1 is 1.38 bits per heavy atom. The Labute approximate surface area is 166 Å². The number of hydrogen-bond donors (Lipinski definition) is 1. The lowest BCUT2D eigenvalue weighted by molar-refractivity contribution is -0.138. The summed E-state index contributed by atoms with van der Waals surface area (Å²) in [6.07, 6.45) is 1.08. The first-order chi connectivity index (χ1) is 11.3. The van der Waals surface area contributed by atoms with Crippen LogP contribution in [0.25, 0.3) is 0 Å². The molecule has 0 atom stereocenters. The zero-order chi connectivity index (χ0) is 18.6. The molecule has 0 radical (unpaired) electrons. The monoisotopic (exact) mass is 581 g/mol. The highest BCUT2D eigenvalue weighted by atomic mass is 128. The molecule has 0 saturated carbocycles. The summed E-state index contributed by atoms with van der Waals surface area (Å²) in [5.74, 6) is -0.310. The lowest BCUT2D eigenvalue weighted by Crippen LogP contribution is -2.30. The highest BCUT2D eigenvalue weighted by Crippen LogP contribution is 2.17. The fourth-order valence-electron chi connectivity index (χ4n) is 1.42. The number of esters is 1. The lowest BCUT2D eigenvalue weighted by atomic mass is 9.97. The van der Waals surface area contributed by atoms with Gasteiger partial charge in [-0.05, 0) is 38.1 Å². The van der Waals surface area contributed by atoms with Gasteiger partial charge in [-0.25, -0.2) is 4.79 Å². The summed E-state index contributed by atoms with van der Waals surface area (Å²) in [6, 6.07) is 6.39. The summed E-state index contributed by atoms with van der Waals surface area (Å²) in [4.78, 5) is 22.6. The number of carbonyl (C=O) groups is 2. The molecule has 0 aromatic heterocycles. The van der Waals surface area contributed by atoms with E-state index in [2.05, 4.69) is 27.9 Å². The molecule has 1 N–H and O–H groups in total. The number of halogens is 3. The zero-order valence-corrected chi connectivity index (χ0v) is 18.2. The fraction of sp³-hybridized carbons (Fsp3) is 0.333. The molecule has 0 spiro atoms. The van der Waals surface area contributed by atoms with Crippen molar-refractivity contribution in [2.45, 2.75) is 19.4 Å². The Kier molecular flexibility index (Phi) is 12.4. The maximum atomic E-state index is 11.8. The van der Waals surface area contributed by atoms with E-state index in [0.717, 1.165) is 6.08 Å². The van der Waals surface area contributed by atoms with Crippen LogP contribution < -0.4 is 4.74 Å². The largest absolute Gasteiger partial charge is 0.490 e. The van der Waals surface area contributed by atoms with E-state index in [1.165, 1.54) is 13.8 Å². The van der Waals surface area contributed by atoms with Gasteiger partial charge >= 0.3 is 5.97 Å². The van der Waals surface area contributed by atoms with Crippen LogP contribution in [-0.2, 0) is 9.53 Å². The molecule has 24 heavy (non-hydrogen) atoms. The number of benzene rings is 1. The molecule has 134 valence electrons. The summed E-state index contributed by atoms with van der Waals surface area (Å²) in [5.41, 5.74) is -0.996. The van der Waals surface area contributed by atoms with Crippen LogP contribution in [0.3, 0.4) is 0 Å². The first-order valence-corrected chi connectivity index (χ1v) is 14.2. The van der Waals surface area contributed by atoms with Crippen LogP contribution >= 0.6 is 47.5 Å². The van der Waals surface area contributed by atoms with Gasteiger partial charge in [0.25, 0.3) is 0 Å². The van der Waals surface area contributed by atoms with E-state index >= 15 is 0 Å². The van der Waals surface area contributed by atoms with Crippen LogP contribution in [0.2, 0.25) is 0 Å². The molecule has 0 aliphatic heterocycles. The molecule has 0 saturated heterocycles. The number of nitrogens with zero attached hydrogens (tertiary/aromatic N) is 1. The molecule has 0 bridgehead atoms. The van der Waals surface area contributed by atoms with E-state index in [-0.39, 0.29) is 36.1 Å². The smallest absolute Gasteiger partial charge is 0.330 e. The van der Waals surface area contributed by atoms with Crippen molar-refractivity contribution < 1.29 is 24.2 Å². The van der Waals surface area contributed by atoms with Gasteiger partial charge in [-0.15, -0.1) is 2.66 Å². The predicted octanol–water partition coefficient (Wildman–Crippen LogP) is 4.39. The van der Waals surface area contributed by atoms with Crippen LogP contribution in [0.1, 0.15) is 24.2 Å². The molecule has 0 fully saturated rings. The lowest BCUT2D eigenvalue weighted by Gasteiger charge is -2.15. The van der Waals surface area contributed by atoms with E-state index in [1.807, 2.05) is 0 Å². The van der Waals surface area contributed by atoms with Crippen molar-refractivity contribution in [1.82, 2.24) is 0 Å². The Morgan fingerprint density at radius 3 is 2.33 bits per heavy atom. The average Bonchev–Trinajstić information content (AvgIpc) is 2.57. The highest BCUT2D eigenvalue weighted by molar-refractivity contribution is 15.0. The van der Waals surface area contributed by atoms with Gasteiger partial charge in [-0.1, -0.05) is 6.58 Å². The number of ether oxygens (including phenoxy) is 2. The van der Waals surface area contributed by atoms with E-state index in [0.29, 0.717) is 11.3 Å². The van der Waals surface area contributed by atoms with Gasteiger partial charge in [-0.3, -0.25) is 4.79 Å². The molecule has 0 unspecified atom stereocenters. The standard InChI is InChI=1S/C15H18O5.ClI2N/c1-4-13(16)20-10-9-19-12-7-5-11(6-8-12)14(17)15(2,3)18;1-4-3-2/h4-8,18H,1,9-10H2,2-3H3;. The Bertz CT molecular complexity index is 566. The third kappa shape index (κ3) is 10.3. The van der Waals surface area contributed by atoms with Gasteiger partial charge in [0.15, 0.2) is 5.78 Å². The Balaban J connectivity index is 0.00000118. The molecule has 0 aliphatic carbocycles. The van der Waals surface area contributed by atoms with Crippen LogP contribution in [-0.4, -0.2) is 35.7 Å². The number of hydrogen-bond acceptors (Lipinski definition) is 6. The second-order valence-electron chi connectivity index (χ2n) is 4.76. The molecule has 0 amide bonds. The third-order valence-electron chi connectivity index (χ3n) is 2.46. The van der Waals surface area contributed by atoms with E-state index in [9.17, 15) is 14.7 Å². The van der Waals surface area contributed by atoms with E-state index < -0.39 is 11.6 Å². The van der Waals surface area contributed by atoms with Crippen LogP contribution in [0.15, 0.2) is 39.6 Å². The minimum absolute atomic E-state index is 0.0290. The van der Waals surface area contributed by atoms with Gasteiger partial charge in [0.05, 0.1) is 17.1 Å². The first-order valence-electron chi connectivity index (χ1n) is 6.62. The summed E-state index contributed by atoms with van der Waals surface area (Å²) >= 11 is 6.99. The summed E-state index contributed by atoms with van der Waals surface area (Å²) in [6.45, 7) is 6.48. The predicted molar refractivity (Wildman–Crippen MR) is 110 cm³/mol. The molecule has 1 aromatic rings. The normalized spacial score (nSPS) is 10.9.